The minimum Gasteiger partial charge on any atom is -0.329 e. The van der Waals surface area contributed by atoms with Crippen molar-refractivity contribution in [3.05, 3.63) is 33.7 Å². The molecule has 1 rings (SSSR count). The molecule has 0 fully saturated rings. The lowest BCUT2D eigenvalue weighted by Crippen LogP contribution is -2.16. The standard InChI is InChI=1S/C7H4ClF2NO2/c8-5(12)3-1-2-11-7(13)4(3)6(9)10/h1-2,6H,(H,11,13). The first-order chi connectivity index (χ1) is 6.04. The number of alkyl halides is 2. The highest BCUT2D eigenvalue weighted by atomic mass is 35.5. The van der Waals surface area contributed by atoms with Gasteiger partial charge in [0.1, 0.15) is 0 Å². The molecule has 3 nitrogen and oxygen atoms in total. The molecule has 1 N–H and O–H groups in total. The third-order valence-corrected chi connectivity index (χ3v) is 1.63. The number of rotatable bonds is 2. The first-order valence-corrected chi connectivity index (χ1v) is 3.61. The molecule has 0 unspecified atom stereocenters. The lowest BCUT2D eigenvalue weighted by Gasteiger charge is -2.01. The SMILES string of the molecule is O=C(Cl)c1cc[nH]c(=O)c1C(F)F. The topological polar surface area (TPSA) is 49.9 Å². The maximum absolute atomic E-state index is 12.2. The monoisotopic (exact) mass is 207 g/mol. The molecule has 1 aromatic rings. The average Bonchev–Trinajstić information content (AvgIpc) is 2.02. The van der Waals surface area contributed by atoms with E-state index < -0.39 is 28.4 Å². The van der Waals surface area contributed by atoms with E-state index in [1.165, 1.54) is 0 Å². The van der Waals surface area contributed by atoms with Crippen molar-refractivity contribution in [2.75, 3.05) is 0 Å². The predicted octanol–water partition coefficient (Wildman–Crippen LogP) is 1.69. The predicted molar refractivity (Wildman–Crippen MR) is 42.2 cm³/mol. The van der Waals surface area contributed by atoms with Crippen LogP contribution in [0.4, 0.5) is 8.78 Å². The third-order valence-electron chi connectivity index (χ3n) is 1.43. The second kappa shape index (κ2) is 3.66. The second-order valence-corrected chi connectivity index (χ2v) is 2.55. The van der Waals surface area contributed by atoms with Gasteiger partial charge in [-0.15, -0.1) is 0 Å². The van der Waals surface area contributed by atoms with E-state index in [1.54, 1.807) is 0 Å². The molecule has 1 heterocycles. The number of hydrogen-bond donors (Lipinski definition) is 1. The zero-order valence-corrected chi connectivity index (χ0v) is 6.94. The number of halogens is 3. The summed E-state index contributed by atoms with van der Waals surface area (Å²) in [6.07, 6.45) is -1.92. The Kier molecular flexibility index (Phi) is 2.77. The van der Waals surface area contributed by atoms with Crippen LogP contribution in [0.5, 0.6) is 0 Å². The van der Waals surface area contributed by atoms with E-state index >= 15 is 0 Å². The maximum Gasteiger partial charge on any atom is 0.269 e. The first-order valence-electron chi connectivity index (χ1n) is 3.23. The van der Waals surface area contributed by atoms with Gasteiger partial charge in [0.2, 0.25) is 0 Å². The van der Waals surface area contributed by atoms with Crippen molar-refractivity contribution in [3.8, 4) is 0 Å². The quantitative estimate of drug-likeness (QED) is 0.751. The summed E-state index contributed by atoms with van der Waals surface area (Å²) in [4.78, 5) is 23.5. The van der Waals surface area contributed by atoms with Crippen LogP contribution >= 0.6 is 11.6 Å². The zero-order chi connectivity index (χ0) is 10.0. The van der Waals surface area contributed by atoms with Crippen LogP contribution in [-0.2, 0) is 0 Å². The normalized spacial score (nSPS) is 10.5. The fourth-order valence-electron chi connectivity index (χ4n) is 0.879. The molecule has 0 atom stereocenters. The van der Waals surface area contributed by atoms with Crippen molar-refractivity contribution < 1.29 is 13.6 Å². The fraction of sp³-hybridized carbons (Fsp3) is 0.143. The van der Waals surface area contributed by atoms with Crippen molar-refractivity contribution in [2.45, 2.75) is 6.43 Å². The van der Waals surface area contributed by atoms with Crippen LogP contribution in [-0.4, -0.2) is 10.2 Å². The van der Waals surface area contributed by atoms with E-state index in [-0.39, 0.29) is 0 Å². The lowest BCUT2D eigenvalue weighted by molar-refractivity contribution is 0.106. The van der Waals surface area contributed by atoms with Crippen molar-refractivity contribution in [1.82, 2.24) is 4.98 Å². The van der Waals surface area contributed by atoms with Gasteiger partial charge in [-0.1, -0.05) is 0 Å². The smallest absolute Gasteiger partial charge is 0.269 e. The largest absolute Gasteiger partial charge is 0.329 e. The number of nitrogens with one attached hydrogen (secondary N) is 1. The van der Waals surface area contributed by atoms with Gasteiger partial charge in [0, 0.05) is 11.8 Å². The number of hydrogen-bond acceptors (Lipinski definition) is 2. The number of carbonyl (C=O) groups is 1. The minimum atomic E-state index is -3.01. The molecule has 0 aliphatic rings. The van der Waals surface area contributed by atoms with E-state index in [0.717, 1.165) is 12.3 Å². The highest BCUT2D eigenvalue weighted by Gasteiger charge is 2.20. The molecule has 0 aromatic carbocycles. The van der Waals surface area contributed by atoms with E-state index in [1.807, 2.05) is 4.98 Å². The summed E-state index contributed by atoms with van der Waals surface area (Å²) in [6, 6.07) is 1.04. The molecule has 13 heavy (non-hydrogen) atoms. The lowest BCUT2D eigenvalue weighted by atomic mass is 10.1. The Morgan fingerprint density at radius 3 is 2.54 bits per heavy atom. The molecule has 1 aromatic heterocycles. The average molecular weight is 208 g/mol. The molecular weight excluding hydrogens is 204 g/mol. The highest BCUT2D eigenvalue weighted by molar-refractivity contribution is 6.67. The summed E-state index contributed by atoms with van der Waals surface area (Å²) in [7, 11) is 0. The Hall–Kier alpha value is -1.23. The Morgan fingerprint density at radius 2 is 2.15 bits per heavy atom. The summed E-state index contributed by atoms with van der Waals surface area (Å²) in [5, 5.41) is -1.07. The number of aromatic amines is 1. The molecule has 0 amide bonds. The summed E-state index contributed by atoms with van der Waals surface area (Å²) >= 11 is 5.00. The first kappa shape index (κ1) is 9.85. The summed E-state index contributed by atoms with van der Waals surface area (Å²) in [6.45, 7) is 0. The zero-order valence-electron chi connectivity index (χ0n) is 6.18. The van der Waals surface area contributed by atoms with Gasteiger partial charge < -0.3 is 4.98 Å². The van der Waals surface area contributed by atoms with Crippen LogP contribution < -0.4 is 5.56 Å². The molecule has 0 bridgehead atoms. The molecule has 0 saturated heterocycles. The summed E-state index contributed by atoms with van der Waals surface area (Å²) in [5.74, 6) is 0. The van der Waals surface area contributed by atoms with Crippen LogP contribution in [0.2, 0.25) is 0 Å². The molecule has 0 radical (unpaired) electrons. The van der Waals surface area contributed by atoms with Crippen molar-refractivity contribution >= 4 is 16.8 Å². The molecule has 6 heteroatoms. The molecule has 70 valence electrons. The van der Waals surface area contributed by atoms with Crippen LogP contribution in [0.1, 0.15) is 22.3 Å². The number of carbonyl (C=O) groups excluding carboxylic acids is 1. The van der Waals surface area contributed by atoms with E-state index in [0.29, 0.717) is 0 Å². The van der Waals surface area contributed by atoms with Crippen LogP contribution in [0, 0.1) is 0 Å². The van der Waals surface area contributed by atoms with Gasteiger partial charge >= 0.3 is 0 Å². The van der Waals surface area contributed by atoms with E-state index in [2.05, 4.69) is 0 Å². The van der Waals surface area contributed by atoms with Gasteiger partial charge in [-0.05, 0) is 17.7 Å². The van der Waals surface area contributed by atoms with Gasteiger partial charge in [0.05, 0.1) is 5.56 Å². The molecule has 0 saturated carbocycles. The molecular formula is C7H4ClF2NO2. The van der Waals surface area contributed by atoms with Crippen LogP contribution in [0.3, 0.4) is 0 Å². The van der Waals surface area contributed by atoms with Gasteiger partial charge in [0.25, 0.3) is 17.2 Å². The Labute approximate surface area is 76.3 Å². The fourth-order valence-corrected chi connectivity index (χ4v) is 1.04. The number of H-pyrrole nitrogens is 1. The van der Waals surface area contributed by atoms with Gasteiger partial charge in [-0.25, -0.2) is 8.78 Å². The van der Waals surface area contributed by atoms with Crippen molar-refractivity contribution in [2.24, 2.45) is 0 Å². The highest BCUT2D eigenvalue weighted by Crippen LogP contribution is 2.19. The molecule has 0 aliphatic carbocycles. The van der Waals surface area contributed by atoms with E-state index in [4.69, 9.17) is 11.6 Å². The van der Waals surface area contributed by atoms with Crippen molar-refractivity contribution in [1.29, 1.82) is 0 Å². The second-order valence-electron chi connectivity index (χ2n) is 2.21. The summed E-state index contributed by atoms with van der Waals surface area (Å²) in [5.41, 5.74) is -2.34. The minimum absolute atomic E-state index is 0.458. The molecule has 0 spiro atoms. The number of pyridine rings is 1. The Morgan fingerprint density at radius 1 is 1.54 bits per heavy atom. The van der Waals surface area contributed by atoms with E-state index in [9.17, 15) is 18.4 Å². The number of aromatic nitrogens is 1. The van der Waals surface area contributed by atoms with Crippen molar-refractivity contribution in [3.63, 3.8) is 0 Å². The summed E-state index contributed by atoms with van der Waals surface area (Å²) < 4.78 is 24.4. The van der Waals surface area contributed by atoms with Gasteiger partial charge in [0.15, 0.2) is 0 Å². The molecule has 0 aliphatic heterocycles. The third kappa shape index (κ3) is 1.92. The van der Waals surface area contributed by atoms with Gasteiger partial charge in [-0.2, -0.15) is 0 Å². The Balaban J connectivity index is 3.43. The van der Waals surface area contributed by atoms with Crippen LogP contribution in [0.15, 0.2) is 17.1 Å². The van der Waals surface area contributed by atoms with Crippen LogP contribution in [0.25, 0.3) is 0 Å². The Bertz CT molecular complexity index is 388. The van der Waals surface area contributed by atoms with Gasteiger partial charge in [-0.3, -0.25) is 9.59 Å². The maximum atomic E-state index is 12.2.